The molecule has 0 spiro atoms. The molecule has 1 heterocycles. The highest BCUT2D eigenvalue weighted by Crippen LogP contribution is 2.24. The van der Waals surface area contributed by atoms with Crippen molar-refractivity contribution in [2.45, 2.75) is 4.90 Å². The maximum Gasteiger partial charge on any atom is 0.318 e. The van der Waals surface area contributed by atoms with Crippen LogP contribution in [0.1, 0.15) is 0 Å². The summed E-state index contributed by atoms with van der Waals surface area (Å²) in [6.07, 6.45) is 1.15. The van der Waals surface area contributed by atoms with Crippen LogP contribution >= 0.6 is 11.6 Å². The van der Waals surface area contributed by atoms with Crippen LogP contribution in [0.3, 0.4) is 0 Å². The SMILES string of the molecule is COc1nc(Cl)cc(-c2cccc(S(C)(=O)=O)c2)n1. The second kappa shape index (κ2) is 5.14. The smallest absolute Gasteiger partial charge is 0.318 e. The van der Waals surface area contributed by atoms with E-state index in [2.05, 4.69) is 9.97 Å². The maximum atomic E-state index is 11.5. The maximum absolute atomic E-state index is 11.5. The molecule has 0 aliphatic rings. The third-order valence-electron chi connectivity index (χ3n) is 2.41. The van der Waals surface area contributed by atoms with Gasteiger partial charge in [0.2, 0.25) is 0 Å². The van der Waals surface area contributed by atoms with Gasteiger partial charge in [0.05, 0.1) is 17.7 Å². The number of hydrogen-bond acceptors (Lipinski definition) is 5. The summed E-state index contributed by atoms with van der Waals surface area (Å²) in [5, 5.41) is 0.228. The van der Waals surface area contributed by atoms with Gasteiger partial charge in [0.15, 0.2) is 9.84 Å². The standard InChI is InChI=1S/C12H11ClN2O3S/c1-18-12-14-10(7-11(13)15-12)8-4-3-5-9(6-8)19(2,16)17/h3-7H,1-2H3. The van der Waals surface area contributed by atoms with Gasteiger partial charge in [0, 0.05) is 17.9 Å². The number of halogens is 1. The van der Waals surface area contributed by atoms with Crippen LogP contribution in [-0.4, -0.2) is 31.8 Å². The zero-order chi connectivity index (χ0) is 14.0. The van der Waals surface area contributed by atoms with E-state index < -0.39 is 9.84 Å². The van der Waals surface area contributed by atoms with E-state index in [1.54, 1.807) is 18.2 Å². The van der Waals surface area contributed by atoms with Crippen LogP contribution in [0.2, 0.25) is 5.15 Å². The summed E-state index contributed by atoms with van der Waals surface area (Å²) in [5.41, 5.74) is 1.13. The van der Waals surface area contributed by atoms with Crippen LogP contribution in [0, 0.1) is 0 Å². The topological polar surface area (TPSA) is 69.2 Å². The summed E-state index contributed by atoms with van der Waals surface area (Å²) in [5.74, 6) is 0. The first-order valence-corrected chi connectivity index (χ1v) is 7.56. The number of aromatic nitrogens is 2. The van der Waals surface area contributed by atoms with Crippen molar-refractivity contribution in [3.8, 4) is 17.3 Å². The Hall–Kier alpha value is -1.66. The normalized spacial score (nSPS) is 11.3. The Bertz CT molecular complexity index is 717. The highest BCUT2D eigenvalue weighted by Gasteiger charge is 2.10. The number of rotatable bonds is 3. The minimum Gasteiger partial charge on any atom is -0.467 e. The van der Waals surface area contributed by atoms with Crippen molar-refractivity contribution in [1.82, 2.24) is 9.97 Å². The second-order valence-corrected chi connectivity index (χ2v) is 6.27. The van der Waals surface area contributed by atoms with E-state index in [-0.39, 0.29) is 16.1 Å². The zero-order valence-corrected chi connectivity index (χ0v) is 11.9. The number of hydrogen-bond donors (Lipinski definition) is 0. The Balaban J connectivity index is 2.56. The van der Waals surface area contributed by atoms with Gasteiger partial charge in [-0.1, -0.05) is 23.7 Å². The molecule has 0 atom stereocenters. The van der Waals surface area contributed by atoms with Gasteiger partial charge in [0.25, 0.3) is 0 Å². The van der Waals surface area contributed by atoms with Crippen molar-refractivity contribution >= 4 is 21.4 Å². The second-order valence-electron chi connectivity index (χ2n) is 3.86. The molecule has 0 bridgehead atoms. The van der Waals surface area contributed by atoms with Crippen molar-refractivity contribution in [2.24, 2.45) is 0 Å². The molecule has 7 heteroatoms. The lowest BCUT2D eigenvalue weighted by molar-refractivity contribution is 0.380. The zero-order valence-electron chi connectivity index (χ0n) is 10.3. The quantitative estimate of drug-likeness (QED) is 0.813. The van der Waals surface area contributed by atoms with Crippen molar-refractivity contribution in [2.75, 3.05) is 13.4 Å². The Morgan fingerprint density at radius 1 is 1.21 bits per heavy atom. The summed E-state index contributed by atoms with van der Waals surface area (Å²) in [6, 6.07) is 8.13. The first kappa shape index (κ1) is 13.8. The summed E-state index contributed by atoms with van der Waals surface area (Å²) in [6.45, 7) is 0. The number of ether oxygens (including phenoxy) is 1. The van der Waals surface area contributed by atoms with Gasteiger partial charge in [-0.2, -0.15) is 9.97 Å². The van der Waals surface area contributed by atoms with E-state index in [1.165, 1.54) is 19.2 Å². The van der Waals surface area contributed by atoms with Crippen LogP contribution < -0.4 is 4.74 Å². The Labute approximate surface area is 116 Å². The molecule has 0 unspecified atom stereocenters. The number of sulfone groups is 1. The molecule has 0 fully saturated rings. The van der Waals surface area contributed by atoms with Gasteiger partial charge in [-0.3, -0.25) is 0 Å². The summed E-state index contributed by atoms with van der Waals surface area (Å²) < 4.78 is 28.0. The van der Waals surface area contributed by atoms with E-state index in [0.717, 1.165) is 6.26 Å². The third-order valence-corrected chi connectivity index (χ3v) is 3.72. The van der Waals surface area contributed by atoms with Crippen molar-refractivity contribution in [3.05, 3.63) is 35.5 Å². The van der Waals surface area contributed by atoms with Gasteiger partial charge < -0.3 is 4.74 Å². The summed E-state index contributed by atoms with van der Waals surface area (Å²) >= 11 is 5.86. The fourth-order valence-corrected chi connectivity index (χ4v) is 2.36. The average Bonchev–Trinajstić information content (AvgIpc) is 2.37. The molecular formula is C12H11ClN2O3S. The molecule has 0 N–H and O–H groups in total. The fourth-order valence-electron chi connectivity index (χ4n) is 1.52. The van der Waals surface area contributed by atoms with E-state index in [0.29, 0.717) is 11.3 Å². The van der Waals surface area contributed by atoms with Crippen LogP contribution in [0.5, 0.6) is 6.01 Å². The van der Waals surface area contributed by atoms with Crippen LogP contribution in [0.15, 0.2) is 35.2 Å². The van der Waals surface area contributed by atoms with Crippen LogP contribution in [0.25, 0.3) is 11.3 Å². The van der Waals surface area contributed by atoms with Gasteiger partial charge in [0.1, 0.15) is 5.15 Å². The number of methoxy groups -OCH3 is 1. The van der Waals surface area contributed by atoms with E-state index >= 15 is 0 Å². The number of nitrogens with zero attached hydrogens (tertiary/aromatic N) is 2. The highest BCUT2D eigenvalue weighted by molar-refractivity contribution is 7.90. The monoisotopic (exact) mass is 298 g/mol. The van der Waals surface area contributed by atoms with E-state index in [4.69, 9.17) is 16.3 Å². The minimum atomic E-state index is -3.27. The molecule has 0 radical (unpaired) electrons. The van der Waals surface area contributed by atoms with Crippen LogP contribution in [0.4, 0.5) is 0 Å². The molecule has 1 aromatic heterocycles. The predicted octanol–water partition coefficient (Wildman–Crippen LogP) is 2.21. The molecule has 0 aliphatic heterocycles. The molecule has 2 rings (SSSR count). The Morgan fingerprint density at radius 2 is 1.95 bits per heavy atom. The summed E-state index contributed by atoms with van der Waals surface area (Å²) in [4.78, 5) is 8.22. The average molecular weight is 299 g/mol. The summed E-state index contributed by atoms with van der Waals surface area (Å²) in [7, 11) is -1.83. The van der Waals surface area contributed by atoms with Crippen molar-refractivity contribution < 1.29 is 13.2 Å². The van der Waals surface area contributed by atoms with E-state index in [1.807, 2.05) is 0 Å². The molecule has 100 valence electrons. The largest absolute Gasteiger partial charge is 0.467 e. The highest BCUT2D eigenvalue weighted by atomic mass is 35.5. The molecule has 0 saturated carbocycles. The molecule has 2 aromatic rings. The molecule has 1 aromatic carbocycles. The lowest BCUT2D eigenvalue weighted by Crippen LogP contribution is -1.98. The lowest BCUT2D eigenvalue weighted by Gasteiger charge is -2.05. The first-order chi connectivity index (χ1) is 8.90. The van der Waals surface area contributed by atoms with Gasteiger partial charge in [-0.25, -0.2) is 8.42 Å². The van der Waals surface area contributed by atoms with Gasteiger partial charge in [-0.15, -0.1) is 0 Å². The predicted molar refractivity (Wildman–Crippen MR) is 72.1 cm³/mol. The van der Waals surface area contributed by atoms with Crippen molar-refractivity contribution in [1.29, 1.82) is 0 Å². The Kier molecular flexibility index (Phi) is 3.73. The van der Waals surface area contributed by atoms with Crippen LogP contribution in [-0.2, 0) is 9.84 Å². The van der Waals surface area contributed by atoms with Gasteiger partial charge in [-0.05, 0) is 12.1 Å². The minimum absolute atomic E-state index is 0.132. The van der Waals surface area contributed by atoms with Gasteiger partial charge >= 0.3 is 6.01 Å². The number of benzene rings is 1. The first-order valence-electron chi connectivity index (χ1n) is 5.29. The molecule has 19 heavy (non-hydrogen) atoms. The fraction of sp³-hybridized carbons (Fsp3) is 0.167. The van der Waals surface area contributed by atoms with E-state index in [9.17, 15) is 8.42 Å². The third kappa shape index (κ3) is 3.21. The molecular weight excluding hydrogens is 288 g/mol. The van der Waals surface area contributed by atoms with Crippen molar-refractivity contribution in [3.63, 3.8) is 0 Å². The molecule has 5 nitrogen and oxygen atoms in total. The molecule has 0 saturated heterocycles. The molecule has 0 aliphatic carbocycles. The molecule has 0 amide bonds. The Morgan fingerprint density at radius 3 is 2.58 bits per heavy atom. The lowest BCUT2D eigenvalue weighted by atomic mass is 10.1.